The van der Waals surface area contributed by atoms with Gasteiger partial charge in [0.25, 0.3) is 0 Å². The molecule has 17 heavy (non-hydrogen) atoms. The maximum Gasteiger partial charge on any atom is 0.165 e. The number of hydrogen-bond donors (Lipinski definition) is 1. The zero-order valence-electron chi connectivity index (χ0n) is 10.6. The molecule has 1 aromatic carbocycles. The van der Waals surface area contributed by atoms with E-state index in [0.717, 1.165) is 18.5 Å². The predicted molar refractivity (Wildman–Crippen MR) is 65.6 cm³/mol. The van der Waals surface area contributed by atoms with Gasteiger partial charge in [-0.15, -0.1) is 0 Å². The summed E-state index contributed by atoms with van der Waals surface area (Å²) in [5.41, 5.74) is 0.899. The van der Waals surface area contributed by atoms with E-state index >= 15 is 0 Å². The number of methoxy groups -OCH3 is 1. The van der Waals surface area contributed by atoms with Gasteiger partial charge < -0.3 is 14.7 Å². The highest BCUT2D eigenvalue weighted by Crippen LogP contribution is 2.18. The highest BCUT2D eigenvalue weighted by molar-refractivity contribution is 5.29. The Labute approximate surface area is 102 Å². The van der Waals surface area contributed by atoms with Gasteiger partial charge in [0.15, 0.2) is 11.6 Å². The van der Waals surface area contributed by atoms with E-state index in [2.05, 4.69) is 0 Å². The van der Waals surface area contributed by atoms with E-state index in [1.807, 2.05) is 18.0 Å². The van der Waals surface area contributed by atoms with Crippen molar-refractivity contribution in [2.45, 2.75) is 26.0 Å². The summed E-state index contributed by atoms with van der Waals surface area (Å²) >= 11 is 0. The van der Waals surface area contributed by atoms with Crippen LogP contribution in [0.5, 0.6) is 5.75 Å². The number of benzene rings is 1. The predicted octanol–water partition coefficient (Wildman–Crippen LogP) is 2.04. The molecule has 0 aliphatic carbocycles. The van der Waals surface area contributed by atoms with Crippen molar-refractivity contribution in [2.24, 2.45) is 0 Å². The lowest BCUT2D eigenvalue weighted by molar-refractivity contribution is 0.163. The van der Waals surface area contributed by atoms with Gasteiger partial charge in [-0.1, -0.05) is 6.07 Å². The fraction of sp³-hybridized carbons (Fsp3) is 0.538. The lowest BCUT2D eigenvalue weighted by atomic mass is 10.2. The topological polar surface area (TPSA) is 32.7 Å². The van der Waals surface area contributed by atoms with Gasteiger partial charge in [0.2, 0.25) is 0 Å². The Balaban J connectivity index is 2.53. The van der Waals surface area contributed by atoms with Crippen LogP contribution >= 0.6 is 0 Å². The number of rotatable bonds is 6. The molecule has 1 rings (SSSR count). The molecule has 0 bridgehead atoms. The third-order valence-electron chi connectivity index (χ3n) is 2.60. The number of nitrogens with zero attached hydrogens (tertiary/aromatic N) is 1. The average molecular weight is 241 g/mol. The molecule has 0 amide bonds. The summed E-state index contributed by atoms with van der Waals surface area (Å²) in [7, 11) is 3.40. The van der Waals surface area contributed by atoms with Crippen molar-refractivity contribution in [3.05, 3.63) is 29.6 Å². The van der Waals surface area contributed by atoms with Gasteiger partial charge in [0.05, 0.1) is 13.2 Å². The van der Waals surface area contributed by atoms with Crippen molar-refractivity contribution in [3.8, 4) is 5.75 Å². The van der Waals surface area contributed by atoms with E-state index in [4.69, 9.17) is 4.74 Å². The minimum Gasteiger partial charge on any atom is -0.494 e. The van der Waals surface area contributed by atoms with Crippen LogP contribution in [0, 0.1) is 5.82 Å². The minimum absolute atomic E-state index is 0.264. The molecule has 0 spiro atoms. The molecule has 0 fully saturated rings. The van der Waals surface area contributed by atoms with Crippen LogP contribution in [0.25, 0.3) is 0 Å². The second-order valence-corrected chi connectivity index (χ2v) is 4.34. The molecule has 0 heterocycles. The monoisotopic (exact) mass is 241 g/mol. The molecule has 0 aromatic heterocycles. The van der Waals surface area contributed by atoms with E-state index in [0.29, 0.717) is 6.54 Å². The molecule has 0 aliphatic heterocycles. The van der Waals surface area contributed by atoms with Gasteiger partial charge in [0.1, 0.15) is 0 Å². The molecule has 4 heteroatoms. The maximum absolute atomic E-state index is 13.4. The smallest absolute Gasteiger partial charge is 0.165 e. The van der Waals surface area contributed by atoms with Gasteiger partial charge in [-0.3, -0.25) is 0 Å². The molecule has 0 aliphatic rings. The molecule has 3 nitrogen and oxygen atoms in total. The second-order valence-electron chi connectivity index (χ2n) is 4.34. The second kappa shape index (κ2) is 6.57. The first-order chi connectivity index (χ1) is 8.02. The van der Waals surface area contributed by atoms with E-state index in [1.54, 1.807) is 13.0 Å². The zero-order valence-corrected chi connectivity index (χ0v) is 10.6. The molecule has 1 N–H and O–H groups in total. The summed E-state index contributed by atoms with van der Waals surface area (Å²) in [5, 5.41) is 9.18. The molecule has 0 radical (unpaired) electrons. The number of hydrogen-bond acceptors (Lipinski definition) is 3. The van der Waals surface area contributed by atoms with Crippen LogP contribution < -0.4 is 4.74 Å². The van der Waals surface area contributed by atoms with Crippen LogP contribution in [0.4, 0.5) is 4.39 Å². The molecule has 1 unspecified atom stereocenters. The van der Waals surface area contributed by atoms with Gasteiger partial charge in [-0.2, -0.15) is 0 Å². The average Bonchev–Trinajstić information content (AvgIpc) is 2.26. The lowest BCUT2D eigenvalue weighted by Gasteiger charge is -2.17. The van der Waals surface area contributed by atoms with Crippen LogP contribution in [0.1, 0.15) is 18.9 Å². The highest BCUT2D eigenvalue weighted by Gasteiger charge is 2.06. The molecular weight excluding hydrogens is 221 g/mol. The third kappa shape index (κ3) is 4.71. The van der Waals surface area contributed by atoms with E-state index < -0.39 is 0 Å². The SMILES string of the molecule is COc1ccc(CN(C)CCC(C)O)cc1F. The van der Waals surface area contributed by atoms with Crippen molar-refractivity contribution >= 4 is 0 Å². The van der Waals surface area contributed by atoms with Crippen LogP contribution in [0.2, 0.25) is 0 Å². The Bertz CT molecular complexity index is 355. The van der Waals surface area contributed by atoms with Crippen LogP contribution in [0.15, 0.2) is 18.2 Å². The summed E-state index contributed by atoms with van der Waals surface area (Å²) in [4.78, 5) is 2.05. The first-order valence-electron chi connectivity index (χ1n) is 5.72. The van der Waals surface area contributed by atoms with Crippen LogP contribution in [-0.4, -0.2) is 36.8 Å². The summed E-state index contributed by atoms with van der Waals surface area (Å²) in [6.07, 6.45) is 0.417. The Morgan fingerprint density at radius 2 is 2.18 bits per heavy atom. The Morgan fingerprint density at radius 3 is 2.71 bits per heavy atom. The Kier molecular flexibility index (Phi) is 5.38. The quantitative estimate of drug-likeness (QED) is 0.827. The summed E-state index contributed by atoms with van der Waals surface area (Å²) < 4.78 is 18.3. The first kappa shape index (κ1) is 13.9. The van der Waals surface area contributed by atoms with Crippen molar-refractivity contribution in [2.75, 3.05) is 20.7 Å². The van der Waals surface area contributed by atoms with Gasteiger partial charge in [-0.25, -0.2) is 4.39 Å². The molecule has 1 aromatic rings. The lowest BCUT2D eigenvalue weighted by Crippen LogP contribution is -2.22. The minimum atomic E-state index is -0.339. The normalized spacial score (nSPS) is 12.8. The van der Waals surface area contributed by atoms with Gasteiger partial charge >= 0.3 is 0 Å². The van der Waals surface area contributed by atoms with E-state index in [9.17, 15) is 9.50 Å². The van der Waals surface area contributed by atoms with Gasteiger partial charge in [0, 0.05) is 13.1 Å². The molecular formula is C13H20FNO2. The molecule has 0 saturated heterocycles. The number of aliphatic hydroxyl groups is 1. The van der Waals surface area contributed by atoms with E-state index in [-0.39, 0.29) is 17.7 Å². The number of ether oxygens (including phenoxy) is 1. The van der Waals surface area contributed by atoms with Crippen molar-refractivity contribution in [1.29, 1.82) is 0 Å². The van der Waals surface area contributed by atoms with Crippen LogP contribution in [0.3, 0.4) is 0 Å². The number of halogens is 1. The zero-order chi connectivity index (χ0) is 12.8. The van der Waals surface area contributed by atoms with Gasteiger partial charge in [-0.05, 0) is 38.1 Å². The third-order valence-corrected chi connectivity index (χ3v) is 2.60. The summed E-state index contributed by atoms with van der Waals surface area (Å²) in [5.74, 6) is -0.0747. The molecule has 96 valence electrons. The standard InChI is InChI=1S/C13H20FNO2/c1-10(16)6-7-15(2)9-11-4-5-13(17-3)12(14)8-11/h4-5,8,10,16H,6-7,9H2,1-3H3. The first-order valence-corrected chi connectivity index (χ1v) is 5.72. The fourth-order valence-electron chi connectivity index (χ4n) is 1.61. The Hall–Kier alpha value is -1.13. The van der Waals surface area contributed by atoms with Crippen molar-refractivity contribution in [1.82, 2.24) is 4.90 Å². The highest BCUT2D eigenvalue weighted by atomic mass is 19.1. The number of aliphatic hydroxyl groups excluding tert-OH is 1. The largest absolute Gasteiger partial charge is 0.494 e. The Morgan fingerprint density at radius 1 is 1.47 bits per heavy atom. The summed E-state index contributed by atoms with van der Waals surface area (Å²) in [6.45, 7) is 3.21. The van der Waals surface area contributed by atoms with Crippen molar-refractivity contribution < 1.29 is 14.2 Å². The van der Waals surface area contributed by atoms with Crippen LogP contribution in [-0.2, 0) is 6.54 Å². The maximum atomic E-state index is 13.4. The summed E-state index contributed by atoms with van der Waals surface area (Å²) in [6, 6.07) is 4.96. The molecule has 1 atom stereocenters. The van der Waals surface area contributed by atoms with E-state index in [1.165, 1.54) is 13.2 Å². The molecule has 0 saturated carbocycles. The van der Waals surface area contributed by atoms with Crippen molar-refractivity contribution in [3.63, 3.8) is 0 Å². The fourth-order valence-corrected chi connectivity index (χ4v) is 1.61.